The van der Waals surface area contributed by atoms with E-state index in [9.17, 15) is 8.42 Å². The van der Waals surface area contributed by atoms with E-state index in [0.717, 1.165) is 35.9 Å². The first-order chi connectivity index (χ1) is 14.9. The Morgan fingerprint density at radius 3 is 2.68 bits per heavy atom. The second-order valence-electron chi connectivity index (χ2n) is 8.16. The molecule has 0 unspecified atom stereocenters. The number of fused-ring (bicyclic) bond motifs is 1. The van der Waals surface area contributed by atoms with Crippen molar-refractivity contribution in [3.63, 3.8) is 0 Å². The standard InChI is InChI=1S/C22H29N5O3S/c1-15-4-8-19(9-5-15)31(28,29)27-13-17(10-11-30-3)20-21(24-14-25-22(20)27)26-18-7-6-16(2)23-12-18/h4-5,8-9,13-14,16,18,23H,6-7,10-12H2,1-3H3,(H,24,25,26)/t16-,18+/m0/s1. The number of piperidine rings is 1. The van der Waals surface area contributed by atoms with Crippen LogP contribution in [0.5, 0.6) is 0 Å². The lowest BCUT2D eigenvalue weighted by Crippen LogP contribution is -2.43. The predicted octanol–water partition coefficient (Wildman–Crippen LogP) is 2.72. The predicted molar refractivity (Wildman–Crippen MR) is 121 cm³/mol. The smallest absolute Gasteiger partial charge is 0.269 e. The fourth-order valence-electron chi connectivity index (χ4n) is 3.94. The van der Waals surface area contributed by atoms with Crippen molar-refractivity contribution in [1.29, 1.82) is 0 Å². The largest absolute Gasteiger partial charge is 0.384 e. The second kappa shape index (κ2) is 8.94. The number of nitrogens with zero attached hydrogens (tertiary/aromatic N) is 3. The minimum atomic E-state index is -3.80. The van der Waals surface area contributed by atoms with Gasteiger partial charge >= 0.3 is 0 Å². The van der Waals surface area contributed by atoms with Crippen LogP contribution < -0.4 is 10.6 Å². The van der Waals surface area contributed by atoms with E-state index >= 15 is 0 Å². The van der Waals surface area contributed by atoms with Crippen LogP contribution in [0.1, 0.15) is 30.9 Å². The van der Waals surface area contributed by atoms with E-state index < -0.39 is 10.0 Å². The van der Waals surface area contributed by atoms with Crippen molar-refractivity contribution in [2.45, 2.75) is 50.1 Å². The van der Waals surface area contributed by atoms with Crippen LogP contribution in [0.2, 0.25) is 0 Å². The van der Waals surface area contributed by atoms with Gasteiger partial charge in [-0.25, -0.2) is 22.4 Å². The summed E-state index contributed by atoms with van der Waals surface area (Å²) in [6, 6.07) is 7.57. The van der Waals surface area contributed by atoms with Crippen LogP contribution in [0.4, 0.5) is 5.82 Å². The van der Waals surface area contributed by atoms with Crippen LogP contribution in [0.3, 0.4) is 0 Å². The Labute approximate surface area is 183 Å². The molecule has 9 heteroatoms. The molecular formula is C22H29N5O3S. The molecule has 0 bridgehead atoms. The monoisotopic (exact) mass is 443 g/mol. The van der Waals surface area contributed by atoms with Gasteiger partial charge in [0.2, 0.25) is 0 Å². The molecule has 1 aliphatic heterocycles. The van der Waals surface area contributed by atoms with Gasteiger partial charge in [0, 0.05) is 31.9 Å². The number of hydrogen-bond acceptors (Lipinski definition) is 7. The summed E-state index contributed by atoms with van der Waals surface area (Å²) in [5, 5.41) is 7.72. The summed E-state index contributed by atoms with van der Waals surface area (Å²) in [6.45, 7) is 5.41. The lowest BCUT2D eigenvalue weighted by molar-refractivity contribution is 0.202. The number of nitrogens with one attached hydrogen (secondary N) is 2. The van der Waals surface area contributed by atoms with Crippen LogP contribution in [0, 0.1) is 6.92 Å². The summed E-state index contributed by atoms with van der Waals surface area (Å²) in [5.41, 5.74) is 2.22. The van der Waals surface area contributed by atoms with Crippen molar-refractivity contribution in [2.24, 2.45) is 0 Å². The summed E-state index contributed by atoms with van der Waals surface area (Å²) >= 11 is 0. The highest BCUT2D eigenvalue weighted by Crippen LogP contribution is 2.30. The Kier molecular flexibility index (Phi) is 6.27. The van der Waals surface area contributed by atoms with E-state index in [1.54, 1.807) is 37.6 Å². The van der Waals surface area contributed by atoms with E-state index in [4.69, 9.17) is 4.74 Å². The lowest BCUT2D eigenvalue weighted by atomic mass is 10.0. The molecule has 0 radical (unpaired) electrons. The van der Waals surface area contributed by atoms with Gasteiger partial charge in [-0.1, -0.05) is 17.7 Å². The number of aryl methyl sites for hydroxylation is 1. The van der Waals surface area contributed by atoms with E-state index in [1.807, 2.05) is 6.92 Å². The molecule has 0 aliphatic carbocycles. The molecule has 1 fully saturated rings. The average Bonchev–Trinajstić information content (AvgIpc) is 3.15. The van der Waals surface area contributed by atoms with Crippen molar-refractivity contribution >= 4 is 26.9 Å². The molecule has 4 rings (SSSR count). The van der Waals surface area contributed by atoms with Crippen molar-refractivity contribution in [2.75, 3.05) is 25.6 Å². The average molecular weight is 444 g/mol. The Hall–Kier alpha value is -2.49. The quantitative estimate of drug-likeness (QED) is 0.579. The molecule has 2 atom stereocenters. The third-order valence-electron chi connectivity index (χ3n) is 5.79. The molecule has 1 saturated heterocycles. The van der Waals surface area contributed by atoms with Gasteiger partial charge in [0.1, 0.15) is 12.1 Å². The van der Waals surface area contributed by atoms with E-state index in [-0.39, 0.29) is 10.9 Å². The van der Waals surface area contributed by atoms with Gasteiger partial charge in [0.05, 0.1) is 16.9 Å². The van der Waals surface area contributed by atoms with Gasteiger partial charge in [-0.2, -0.15) is 0 Å². The highest BCUT2D eigenvalue weighted by atomic mass is 32.2. The number of aromatic nitrogens is 3. The van der Waals surface area contributed by atoms with Crippen molar-refractivity contribution in [3.05, 3.63) is 47.9 Å². The van der Waals surface area contributed by atoms with E-state index in [2.05, 4.69) is 27.5 Å². The first kappa shape index (κ1) is 21.7. The van der Waals surface area contributed by atoms with Gasteiger partial charge in [-0.3, -0.25) is 0 Å². The maximum Gasteiger partial charge on any atom is 0.269 e. The Bertz CT molecular complexity index is 1150. The molecule has 1 aliphatic rings. The Morgan fingerprint density at radius 2 is 2.00 bits per heavy atom. The molecule has 8 nitrogen and oxygen atoms in total. The molecule has 3 heterocycles. The van der Waals surface area contributed by atoms with Gasteiger partial charge in [0.15, 0.2) is 5.65 Å². The summed E-state index contributed by atoms with van der Waals surface area (Å²) in [5.74, 6) is 0.662. The SMILES string of the molecule is COCCc1cn(S(=O)(=O)c2ccc(C)cc2)c2ncnc(N[C@@H]3CC[C@H](C)NC3)c12. The van der Waals surface area contributed by atoms with E-state index in [0.29, 0.717) is 30.5 Å². The lowest BCUT2D eigenvalue weighted by Gasteiger charge is -2.28. The zero-order chi connectivity index (χ0) is 22.0. The molecule has 0 amide bonds. The number of anilines is 1. The number of hydrogen-bond donors (Lipinski definition) is 2. The summed E-state index contributed by atoms with van der Waals surface area (Å²) in [4.78, 5) is 9.06. The minimum absolute atomic E-state index is 0.224. The molecule has 2 aromatic heterocycles. The fourth-order valence-corrected chi connectivity index (χ4v) is 5.28. The molecule has 31 heavy (non-hydrogen) atoms. The molecule has 0 saturated carbocycles. The molecule has 2 N–H and O–H groups in total. The van der Waals surface area contributed by atoms with Crippen LogP contribution in [0.15, 0.2) is 41.7 Å². The Morgan fingerprint density at radius 1 is 1.23 bits per heavy atom. The van der Waals surface area contributed by atoms with Gasteiger partial charge in [-0.15, -0.1) is 0 Å². The van der Waals surface area contributed by atoms with Crippen molar-refractivity contribution < 1.29 is 13.2 Å². The fraction of sp³-hybridized carbons (Fsp3) is 0.455. The maximum atomic E-state index is 13.4. The highest BCUT2D eigenvalue weighted by molar-refractivity contribution is 7.90. The number of methoxy groups -OCH3 is 1. The first-order valence-electron chi connectivity index (χ1n) is 10.6. The van der Waals surface area contributed by atoms with Crippen LogP contribution in [0.25, 0.3) is 11.0 Å². The number of ether oxygens (including phenoxy) is 1. The summed E-state index contributed by atoms with van der Waals surface area (Å²) in [6.07, 6.45) is 5.73. The number of benzene rings is 1. The normalized spacial score (nSPS) is 19.6. The maximum absolute atomic E-state index is 13.4. The van der Waals surface area contributed by atoms with Crippen LogP contribution in [-0.4, -0.2) is 54.7 Å². The van der Waals surface area contributed by atoms with Crippen molar-refractivity contribution in [1.82, 2.24) is 19.3 Å². The summed E-state index contributed by atoms with van der Waals surface area (Å²) in [7, 11) is -2.17. The zero-order valence-electron chi connectivity index (χ0n) is 18.1. The molecule has 1 aromatic carbocycles. The molecular weight excluding hydrogens is 414 g/mol. The Balaban J connectivity index is 1.79. The highest BCUT2D eigenvalue weighted by Gasteiger charge is 2.25. The third-order valence-corrected chi connectivity index (χ3v) is 7.45. The van der Waals surface area contributed by atoms with E-state index in [1.165, 1.54) is 10.3 Å². The second-order valence-corrected chi connectivity index (χ2v) is 9.97. The molecule has 166 valence electrons. The van der Waals surface area contributed by atoms with Gasteiger partial charge < -0.3 is 15.4 Å². The zero-order valence-corrected chi connectivity index (χ0v) is 18.9. The molecule has 3 aromatic rings. The molecule has 0 spiro atoms. The third kappa shape index (κ3) is 4.44. The van der Waals surface area contributed by atoms with Gasteiger partial charge in [0.25, 0.3) is 10.0 Å². The first-order valence-corrected chi connectivity index (χ1v) is 12.0. The topological polar surface area (TPSA) is 98.1 Å². The van der Waals surface area contributed by atoms with Crippen LogP contribution >= 0.6 is 0 Å². The summed E-state index contributed by atoms with van der Waals surface area (Å²) < 4.78 is 33.4. The number of rotatable bonds is 7. The van der Waals surface area contributed by atoms with Crippen molar-refractivity contribution in [3.8, 4) is 0 Å². The van der Waals surface area contributed by atoms with Gasteiger partial charge in [-0.05, 0) is 50.8 Å². The minimum Gasteiger partial charge on any atom is -0.384 e. The van der Waals surface area contributed by atoms with Crippen LogP contribution in [-0.2, 0) is 21.2 Å².